The van der Waals surface area contributed by atoms with Crippen LogP contribution >= 0.6 is 22.7 Å². The van der Waals surface area contributed by atoms with E-state index in [0.717, 1.165) is 25.7 Å². The van der Waals surface area contributed by atoms with E-state index in [1.165, 1.54) is 167 Å². The SMILES string of the molecule is Cc1cc2c3cc1N1c4cc5c(cc4B4c6cc7c(cc6N(c6cccc8sc9ccccc9c68)c6cc(cc1c64)N1c4cc(c(C(C)(C)C)cc4C4(C)CCCCC14C)C3(C)CCC2(C)C)C(C)(C)CCC7(C)C)sc1ccccc15. The Hall–Kier alpha value is -6.34. The maximum absolute atomic E-state index is 2.96. The van der Waals surface area contributed by atoms with Gasteiger partial charge in [0.15, 0.2) is 0 Å². The van der Waals surface area contributed by atoms with Crippen LogP contribution in [0, 0.1) is 6.92 Å². The number of thiophene rings is 2. The van der Waals surface area contributed by atoms with Gasteiger partial charge in [-0.2, -0.15) is 0 Å². The predicted octanol–water partition coefficient (Wildman–Crippen LogP) is 19.9. The van der Waals surface area contributed by atoms with Gasteiger partial charge in [0, 0.05) is 91.0 Å². The molecule has 6 heterocycles. The van der Waals surface area contributed by atoms with Crippen molar-refractivity contribution in [2.75, 3.05) is 14.7 Å². The molecule has 7 aliphatic rings. The van der Waals surface area contributed by atoms with Crippen molar-refractivity contribution in [3.63, 3.8) is 0 Å². The van der Waals surface area contributed by atoms with E-state index in [4.69, 9.17) is 0 Å². The number of benzene rings is 8. The summed E-state index contributed by atoms with van der Waals surface area (Å²) in [5.41, 5.74) is 26.4. The van der Waals surface area contributed by atoms with Gasteiger partial charge in [0.1, 0.15) is 0 Å². The van der Waals surface area contributed by atoms with Crippen molar-refractivity contribution >= 4 is 132 Å². The molecule has 82 heavy (non-hydrogen) atoms. The molecule has 0 spiro atoms. The Labute approximate surface area is 494 Å². The number of nitrogens with zero attached hydrogens (tertiary/aromatic N) is 3. The normalized spacial score (nSPS) is 23.9. The smallest absolute Gasteiger partial charge is 0.252 e. The third kappa shape index (κ3) is 6.24. The third-order valence-electron chi connectivity index (χ3n) is 23.2. The fourth-order valence-corrected chi connectivity index (χ4v) is 20.4. The summed E-state index contributed by atoms with van der Waals surface area (Å²) in [6, 6.07) is 52.7. The summed E-state index contributed by atoms with van der Waals surface area (Å²) in [7, 11) is 0. The summed E-state index contributed by atoms with van der Waals surface area (Å²) < 4.78 is 5.40. The molecule has 1 saturated carbocycles. The molecule has 8 aromatic carbocycles. The molecular formula is C76H76BN3S2. The van der Waals surface area contributed by atoms with E-state index in [0.29, 0.717) is 0 Å². The highest BCUT2D eigenvalue weighted by Gasteiger charge is 2.60. The van der Waals surface area contributed by atoms with E-state index >= 15 is 0 Å². The molecule has 6 heteroatoms. The zero-order valence-corrected chi connectivity index (χ0v) is 52.1. The van der Waals surface area contributed by atoms with E-state index in [-0.39, 0.29) is 44.7 Å². The number of aryl methyl sites for hydroxylation is 1. The van der Waals surface area contributed by atoms with Crippen molar-refractivity contribution in [3.8, 4) is 0 Å². The monoisotopic (exact) mass is 1110 g/mol. The average molecular weight is 1110 g/mol. The van der Waals surface area contributed by atoms with Gasteiger partial charge in [-0.15, -0.1) is 22.7 Å². The van der Waals surface area contributed by atoms with Crippen LogP contribution in [0.5, 0.6) is 0 Å². The molecule has 17 rings (SSSR count). The van der Waals surface area contributed by atoms with Crippen LogP contribution in [0.4, 0.5) is 45.5 Å². The molecule has 3 unspecified atom stereocenters. The minimum absolute atomic E-state index is 0.00808. The lowest BCUT2D eigenvalue weighted by molar-refractivity contribution is 0.195. The van der Waals surface area contributed by atoms with Crippen molar-refractivity contribution in [2.45, 2.75) is 179 Å². The Bertz CT molecular complexity index is 4540. The Morgan fingerprint density at radius 3 is 1.74 bits per heavy atom. The van der Waals surface area contributed by atoms with Gasteiger partial charge in [0.05, 0.1) is 11.2 Å². The molecule has 3 aliphatic carbocycles. The van der Waals surface area contributed by atoms with Crippen LogP contribution in [0.2, 0.25) is 0 Å². The lowest BCUT2D eigenvalue weighted by Crippen LogP contribution is -2.62. The molecule has 0 amide bonds. The molecular weight excluding hydrogens is 1030 g/mol. The van der Waals surface area contributed by atoms with E-state index in [1.54, 1.807) is 5.56 Å². The predicted molar refractivity (Wildman–Crippen MR) is 356 cm³/mol. The first-order valence-corrected chi connectivity index (χ1v) is 32.6. The summed E-state index contributed by atoms with van der Waals surface area (Å²) in [5, 5.41) is 5.39. The molecule has 6 bridgehead atoms. The fraction of sp³-hybridized carbons (Fsp3) is 0.368. The van der Waals surface area contributed by atoms with Gasteiger partial charge in [-0.25, -0.2) is 0 Å². The minimum atomic E-state index is -0.232. The average Bonchev–Trinajstić information content (AvgIpc) is 1.25. The zero-order chi connectivity index (χ0) is 56.3. The van der Waals surface area contributed by atoms with Gasteiger partial charge in [-0.3, -0.25) is 0 Å². The number of fused-ring (bicyclic) bond motifs is 21. The van der Waals surface area contributed by atoms with Gasteiger partial charge >= 0.3 is 0 Å². The largest absolute Gasteiger partial charge is 0.334 e. The van der Waals surface area contributed by atoms with Crippen molar-refractivity contribution in [1.82, 2.24) is 0 Å². The third-order valence-corrected chi connectivity index (χ3v) is 25.5. The fourth-order valence-electron chi connectivity index (χ4n) is 18.2. The van der Waals surface area contributed by atoms with Crippen molar-refractivity contribution in [2.24, 2.45) is 0 Å². The Morgan fingerprint density at radius 1 is 0.439 bits per heavy atom. The second-order valence-corrected chi connectivity index (χ2v) is 32.4. The Morgan fingerprint density at radius 2 is 1.01 bits per heavy atom. The second-order valence-electron chi connectivity index (χ2n) is 30.2. The molecule has 3 atom stereocenters. The molecule has 1 fully saturated rings. The van der Waals surface area contributed by atoms with Gasteiger partial charge < -0.3 is 14.7 Å². The van der Waals surface area contributed by atoms with Gasteiger partial charge in [-0.1, -0.05) is 150 Å². The molecule has 410 valence electrons. The van der Waals surface area contributed by atoms with E-state index in [9.17, 15) is 0 Å². The maximum atomic E-state index is 2.96. The summed E-state index contributed by atoms with van der Waals surface area (Å²) in [5.74, 6) is 0. The van der Waals surface area contributed by atoms with Gasteiger partial charge in [0.25, 0.3) is 6.71 Å². The van der Waals surface area contributed by atoms with Crippen molar-refractivity contribution < 1.29 is 0 Å². The molecule has 0 radical (unpaired) electrons. The number of anilines is 8. The van der Waals surface area contributed by atoms with E-state index in [2.05, 4.69) is 232 Å². The molecule has 10 aromatic rings. The van der Waals surface area contributed by atoms with Gasteiger partial charge in [-0.05, 0) is 202 Å². The van der Waals surface area contributed by atoms with Crippen LogP contribution in [-0.4, -0.2) is 12.3 Å². The lowest BCUT2D eigenvalue weighted by atomic mass is 9.33. The summed E-state index contributed by atoms with van der Waals surface area (Å²) >= 11 is 3.91. The molecule has 0 saturated heterocycles. The standard InChI is InChI=1S/C76H76BN3S2/c1-43-33-49-53-40-58(43)79-60-36-47-45-21-14-16-24-64(45)82-67(47)42-56(60)77-55-38-50-51(72(7,8)30-29-71(50,5)6)39-61(55)78(57-23-20-26-66-68(57)46-22-15-17-25-65(46)81-66)62-34-44(35-63(79)69(62)77)80-59-41-52(74(53,11)32-31-73(49,9)10)48(70(2,3)4)37-54(59)75(12)27-18-19-28-76(75,80)13/h14-17,20-26,33-42H,18-19,27-32H2,1-13H3. The first-order chi connectivity index (χ1) is 39.0. The van der Waals surface area contributed by atoms with Crippen LogP contribution in [-0.2, 0) is 32.5 Å². The first kappa shape index (κ1) is 50.2. The Balaban J connectivity index is 1.10. The Kier molecular flexibility index (Phi) is 9.73. The quantitative estimate of drug-likeness (QED) is 0.152. The van der Waals surface area contributed by atoms with Crippen molar-refractivity contribution in [3.05, 3.63) is 172 Å². The molecule has 0 N–H and O–H groups in total. The van der Waals surface area contributed by atoms with E-state index < -0.39 is 0 Å². The first-order valence-electron chi connectivity index (χ1n) is 31.0. The number of hydrogen-bond donors (Lipinski definition) is 0. The topological polar surface area (TPSA) is 9.72 Å². The maximum Gasteiger partial charge on any atom is 0.252 e. The highest BCUT2D eigenvalue weighted by Crippen LogP contribution is 2.65. The highest BCUT2D eigenvalue weighted by molar-refractivity contribution is 7.26. The second kappa shape index (κ2) is 15.9. The minimum Gasteiger partial charge on any atom is -0.334 e. The summed E-state index contributed by atoms with van der Waals surface area (Å²) in [4.78, 5) is 8.60. The van der Waals surface area contributed by atoms with Gasteiger partial charge in [0.2, 0.25) is 0 Å². The number of hydrogen-bond acceptors (Lipinski definition) is 5. The van der Waals surface area contributed by atoms with Crippen LogP contribution in [0.25, 0.3) is 40.3 Å². The van der Waals surface area contributed by atoms with Crippen LogP contribution < -0.4 is 31.1 Å². The van der Waals surface area contributed by atoms with Crippen LogP contribution in [0.3, 0.4) is 0 Å². The number of rotatable bonds is 1. The highest BCUT2D eigenvalue weighted by atomic mass is 32.1. The van der Waals surface area contributed by atoms with Crippen LogP contribution in [0.15, 0.2) is 127 Å². The molecule has 3 nitrogen and oxygen atoms in total. The molecule has 2 aromatic heterocycles. The summed E-state index contributed by atoms with van der Waals surface area (Å²) in [6.45, 7) is 33.0. The van der Waals surface area contributed by atoms with Crippen LogP contribution in [0.1, 0.15) is 179 Å². The zero-order valence-electron chi connectivity index (χ0n) is 50.5. The molecule has 4 aliphatic heterocycles. The summed E-state index contributed by atoms with van der Waals surface area (Å²) in [6.07, 6.45) is 9.36. The van der Waals surface area contributed by atoms with Crippen molar-refractivity contribution in [1.29, 1.82) is 0 Å². The van der Waals surface area contributed by atoms with E-state index in [1.807, 2.05) is 22.7 Å². The lowest BCUT2D eigenvalue weighted by Gasteiger charge is -2.51.